The first-order valence-electron chi connectivity index (χ1n) is 5.86. The highest BCUT2D eigenvalue weighted by molar-refractivity contribution is 5.68. The van der Waals surface area contributed by atoms with Gasteiger partial charge in [-0.15, -0.1) is 0 Å². The molecule has 0 heterocycles. The quantitative estimate of drug-likeness (QED) is 0.785. The van der Waals surface area contributed by atoms with Crippen LogP contribution in [-0.2, 0) is 4.74 Å². The van der Waals surface area contributed by atoms with Crippen molar-refractivity contribution in [2.75, 3.05) is 6.54 Å². The van der Waals surface area contributed by atoms with E-state index in [4.69, 9.17) is 10.00 Å². The number of carbonyl (C=O) groups is 1. The van der Waals surface area contributed by atoms with Gasteiger partial charge in [0.1, 0.15) is 5.60 Å². The molecule has 1 rings (SSSR count). The highest BCUT2D eigenvalue weighted by Gasteiger charge is 2.14. The molecule has 1 aromatic rings. The van der Waals surface area contributed by atoms with Crippen molar-refractivity contribution in [1.82, 2.24) is 5.32 Å². The van der Waals surface area contributed by atoms with Crippen LogP contribution in [0.15, 0.2) is 24.3 Å². The molecule has 0 aromatic heterocycles. The van der Waals surface area contributed by atoms with E-state index in [0.29, 0.717) is 5.56 Å². The van der Waals surface area contributed by atoms with E-state index in [-0.39, 0.29) is 6.54 Å². The molecule has 1 aromatic carbocycles. The van der Waals surface area contributed by atoms with Crippen LogP contribution in [0.2, 0.25) is 0 Å². The third-order valence-electron chi connectivity index (χ3n) is 1.97. The largest absolute Gasteiger partial charge is 0.444 e. The second kappa shape index (κ2) is 6.47. The summed E-state index contributed by atoms with van der Waals surface area (Å²) in [5, 5.41) is 11.2. The highest BCUT2D eigenvalue weighted by atomic mass is 16.6. The van der Waals surface area contributed by atoms with Crippen molar-refractivity contribution in [1.29, 1.82) is 5.26 Å². The van der Waals surface area contributed by atoms with Crippen LogP contribution in [-0.4, -0.2) is 18.2 Å². The lowest BCUT2D eigenvalue weighted by atomic mass is 10.1. The van der Waals surface area contributed by atoms with Crippen molar-refractivity contribution >= 4 is 6.09 Å². The summed E-state index contributed by atoms with van der Waals surface area (Å²) in [7, 11) is 0. The molecule has 0 unspecified atom stereocenters. The first kappa shape index (κ1) is 14.6. The van der Waals surface area contributed by atoms with Gasteiger partial charge in [-0.05, 0) is 45.0 Å². The second-order valence-electron chi connectivity index (χ2n) is 4.85. The Hall–Kier alpha value is -2.46. The standard InChI is InChI=1S/C15H16N2O2/c1-15(2,3)19-14(18)17-10-4-5-12-6-8-13(11-16)9-7-12/h6-9H,10H2,1-3H3,(H,17,18). The fourth-order valence-corrected chi connectivity index (χ4v) is 1.20. The fraction of sp³-hybridized carbons (Fsp3) is 0.333. The Kier molecular flexibility index (Phi) is 4.97. The molecule has 19 heavy (non-hydrogen) atoms. The molecule has 4 nitrogen and oxygen atoms in total. The number of carbonyl (C=O) groups excluding carboxylic acids is 1. The molecule has 1 amide bonds. The van der Waals surface area contributed by atoms with E-state index in [1.165, 1.54) is 0 Å². The summed E-state index contributed by atoms with van der Waals surface area (Å²) in [5.41, 5.74) is 0.882. The van der Waals surface area contributed by atoms with Gasteiger partial charge in [-0.25, -0.2) is 4.79 Å². The molecular weight excluding hydrogens is 240 g/mol. The Labute approximate surface area is 113 Å². The van der Waals surface area contributed by atoms with Crippen LogP contribution in [0.5, 0.6) is 0 Å². The van der Waals surface area contributed by atoms with Gasteiger partial charge < -0.3 is 10.1 Å². The number of amides is 1. The molecule has 0 saturated heterocycles. The molecule has 0 aliphatic rings. The summed E-state index contributed by atoms with van der Waals surface area (Å²) in [6, 6.07) is 8.96. The zero-order chi connectivity index (χ0) is 14.3. The Morgan fingerprint density at radius 2 is 1.84 bits per heavy atom. The maximum atomic E-state index is 11.3. The van der Waals surface area contributed by atoms with E-state index in [0.717, 1.165) is 5.56 Å². The number of ether oxygens (including phenoxy) is 1. The Bertz CT molecular complexity index is 537. The molecule has 98 valence electrons. The molecule has 1 N–H and O–H groups in total. The van der Waals surface area contributed by atoms with Gasteiger partial charge in [0, 0.05) is 5.56 Å². The van der Waals surface area contributed by atoms with Crippen LogP contribution in [0.25, 0.3) is 0 Å². The van der Waals surface area contributed by atoms with Crippen LogP contribution in [0.3, 0.4) is 0 Å². The van der Waals surface area contributed by atoms with E-state index in [9.17, 15) is 4.79 Å². The predicted molar refractivity (Wildman–Crippen MR) is 72.3 cm³/mol. The summed E-state index contributed by atoms with van der Waals surface area (Å²) in [6.45, 7) is 5.62. The normalized spacial score (nSPS) is 9.79. The molecule has 0 bridgehead atoms. The van der Waals surface area contributed by atoms with E-state index < -0.39 is 11.7 Å². The third kappa shape index (κ3) is 6.14. The molecule has 0 aliphatic heterocycles. The zero-order valence-electron chi connectivity index (χ0n) is 11.3. The van der Waals surface area contributed by atoms with Gasteiger partial charge in [-0.1, -0.05) is 11.8 Å². The summed E-state index contributed by atoms with van der Waals surface area (Å²) in [4.78, 5) is 11.3. The van der Waals surface area contributed by atoms with E-state index in [2.05, 4.69) is 17.2 Å². The average molecular weight is 256 g/mol. The molecule has 0 saturated carbocycles. The fourth-order valence-electron chi connectivity index (χ4n) is 1.20. The predicted octanol–water partition coefficient (Wildman–Crippen LogP) is 2.43. The topological polar surface area (TPSA) is 62.1 Å². The zero-order valence-corrected chi connectivity index (χ0v) is 11.3. The highest BCUT2D eigenvalue weighted by Crippen LogP contribution is 2.06. The van der Waals surface area contributed by atoms with E-state index in [1.54, 1.807) is 45.0 Å². The third-order valence-corrected chi connectivity index (χ3v) is 1.97. The maximum Gasteiger partial charge on any atom is 0.408 e. The van der Waals surface area contributed by atoms with Gasteiger partial charge in [0.05, 0.1) is 18.2 Å². The van der Waals surface area contributed by atoms with Crippen LogP contribution in [0, 0.1) is 23.2 Å². The number of hydrogen-bond acceptors (Lipinski definition) is 3. The summed E-state index contributed by atoms with van der Waals surface area (Å²) >= 11 is 0. The lowest BCUT2D eigenvalue weighted by Gasteiger charge is -2.18. The van der Waals surface area contributed by atoms with Gasteiger partial charge in [0.25, 0.3) is 0 Å². The van der Waals surface area contributed by atoms with E-state index >= 15 is 0 Å². The molecule has 4 heteroatoms. The summed E-state index contributed by atoms with van der Waals surface area (Å²) in [5.74, 6) is 5.70. The number of nitrogens with zero attached hydrogens (tertiary/aromatic N) is 1. The number of rotatable bonds is 1. The smallest absolute Gasteiger partial charge is 0.408 e. The number of alkyl carbamates (subject to hydrolysis) is 1. The van der Waals surface area contributed by atoms with Crippen molar-refractivity contribution in [3.05, 3.63) is 35.4 Å². The second-order valence-corrected chi connectivity index (χ2v) is 4.85. The average Bonchev–Trinajstić information content (AvgIpc) is 2.33. The van der Waals surface area contributed by atoms with Crippen LogP contribution >= 0.6 is 0 Å². The molecule has 0 aliphatic carbocycles. The molecule has 0 atom stereocenters. The van der Waals surface area contributed by atoms with Crippen molar-refractivity contribution < 1.29 is 9.53 Å². The maximum absolute atomic E-state index is 11.3. The number of nitrogens with one attached hydrogen (secondary N) is 1. The van der Waals surface area contributed by atoms with Crippen molar-refractivity contribution in [3.8, 4) is 17.9 Å². The van der Waals surface area contributed by atoms with Gasteiger partial charge in [0.15, 0.2) is 0 Å². The minimum Gasteiger partial charge on any atom is -0.444 e. The summed E-state index contributed by atoms with van der Waals surface area (Å²) in [6.07, 6.45) is -0.485. The van der Waals surface area contributed by atoms with Crippen molar-refractivity contribution in [2.24, 2.45) is 0 Å². The van der Waals surface area contributed by atoms with E-state index in [1.807, 2.05) is 6.07 Å². The number of benzene rings is 1. The minimum absolute atomic E-state index is 0.217. The number of hydrogen-bond donors (Lipinski definition) is 1. The summed E-state index contributed by atoms with van der Waals surface area (Å²) < 4.78 is 5.07. The first-order chi connectivity index (χ1) is 8.90. The lowest BCUT2D eigenvalue weighted by Crippen LogP contribution is -2.32. The molecule has 0 radical (unpaired) electrons. The van der Waals surface area contributed by atoms with Crippen LogP contribution < -0.4 is 5.32 Å². The number of nitriles is 1. The Balaban J connectivity index is 2.43. The van der Waals surface area contributed by atoms with Crippen LogP contribution in [0.1, 0.15) is 31.9 Å². The van der Waals surface area contributed by atoms with Crippen LogP contribution in [0.4, 0.5) is 4.79 Å². The lowest BCUT2D eigenvalue weighted by molar-refractivity contribution is 0.0535. The van der Waals surface area contributed by atoms with Gasteiger partial charge in [-0.2, -0.15) is 5.26 Å². The van der Waals surface area contributed by atoms with Gasteiger partial charge in [-0.3, -0.25) is 0 Å². The minimum atomic E-state index is -0.509. The Morgan fingerprint density at radius 1 is 1.26 bits per heavy atom. The van der Waals surface area contributed by atoms with Crippen molar-refractivity contribution in [2.45, 2.75) is 26.4 Å². The van der Waals surface area contributed by atoms with Gasteiger partial charge in [0.2, 0.25) is 0 Å². The molecular formula is C15H16N2O2. The Morgan fingerprint density at radius 3 is 2.37 bits per heavy atom. The SMILES string of the molecule is CC(C)(C)OC(=O)NCC#Cc1ccc(C#N)cc1. The van der Waals surface area contributed by atoms with Crippen molar-refractivity contribution in [3.63, 3.8) is 0 Å². The molecule has 0 spiro atoms. The first-order valence-corrected chi connectivity index (χ1v) is 5.86. The monoisotopic (exact) mass is 256 g/mol. The molecule has 0 fully saturated rings. The van der Waals surface area contributed by atoms with Gasteiger partial charge >= 0.3 is 6.09 Å².